The molecular formula is C10H12N4O7. The highest BCUT2D eigenvalue weighted by Crippen LogP contribution is 2.33. The number of aromatic nitrogens is 4. The van der Waals surface area contributed by atoms with Gasteiger partial charge in [-0.2, -0.15) is 4.98 Å². The maximum Gasteiger partial charge on any atom is 0.327 e. The number of hydrogen-bond donors (Lipinski definition) is 6. The van der Waals surface area contributed by atoms with Crippen LogP contribution >= 0.6 is 0 Å². The number of nitrogens with zero attached hydrogens (tertiary/aromatic N) is 2. The number of fused-ring (bicyclic) bond motifs is 1. The molecule has 0 aromatic carbocycles. The Hall–Kier alpha value is -2.21. The number of aliphatic hydroxyl groups excluding tert-OH is 3. The van der Waals surface area contributed by atoms with E-state index in [1.807, 2.05) is 4.98 Å². The molecule has 0 radical (unpaired) electrons. The molecule has 6 N–H and O–H groups in total. The van der Waals surface area contributed by atoms with Gasteiger partial charge in [-0.1, -0.05) is 0 Å². The molecule has 0 spiro atoms. The third-order valence-corrected chi connectivity index (χ3v) is 3.34. The largest absolute Gasteiger partial charge is 0.480 e. The summed E-state index contributed by atoms with van der Waals surface area (Å²) in [6.07, 6.45) is -5.28. The van der Waals surface area contributed by atoms with Gasteiger partial charge in [-0.3, -0.25) is 14.8 Å². The van der Waals surface area contributed by atoms with Gasteiger partial charge in [-0.15, -0.1) is 0 Å². The second kappa shape index (κ2) is 4.66. The number of imidazole rings is 1. The van der Waals surface area contributed by atoms with Crippen LogP contribution in [0.25, 0.3) is 11.2 Å². The monoisotopic (exact) mass is 300 g/mol. The molecule has 11 heteroatoms. The summed E-state index contributed by atoms with van der Waals surface area (Å²) < 4.78 is 6.10. The maximum atomic E-state index is 11.6. The Balaban J connectivity index is 2.19. The summed E-state index contributed by atoms with van der Waals surface area (Å²) in [5.41, 5.74) is -2.09. The molecule has 114 valence electrons. The fraction of sp³-hybridized carbons (Fsp3) is 0.500. The summed E-state index contributed by atoms with van der Waals surface area (Å²) >= 11 is 0. The molecule has 3 rings (SSSR count). The number of hydrogen-bond acceptors (Lipinski definition) is 8. The van der Waals surface area contributed by atoms with Crippen molar-refractivity contribution in [2.45, 2.75) is 24.5 Å². The molecule has 0 unspecified atom stereocenters. The third-order valence-electron chi connectivity index (χ3n) is 3.34. The lowest BCUT2D eigenvalue weighted by Gasteiger charge is -2.17. The Morgan fingerprint density at radius 1 is 1.24 bits per heavy atom. The van der Waals surface area contributed by atoms with E-state index in [2.05, 4.69) is 9.97 Å². The summed E-state index contributed by atoms with van der Waals surface area (Å²) in [6, 6.07) is -0.688. The normalized spacial score (nSPS) is 29.3. The van der Waals surface area contributed by atoms with Crippen molar-refractivity contribution in [2.75, 3.05) is 6.61 Å². The van der Waals surface area contributed by atoms with Gasteiger partial charge in [-0.25, -0.2) is 9.36 Å². The van der Waals surface area contributed by atoms with Crippen molar-refractivity contribution < 1.29 is 25.2 Å². The van der Waals surface area contributed by atoms with E-state index in [1.54, 1.807) is 0 Å². The van der Waals surface area contributed by atoms with Crippen molar-refractivity contribution in [1.82, 2.24) is 19.5 Å². The average molecular weight is 300 g/mol. The van der Waals surface area contributed by atoms with Crippen LogP contribution in [-0.2, 0) is 4.74 Å². The van der Waals surface area contributed by atoms with E-state index in [1.165, 1.54) is 0 Å². The van der Waals surface area contributed by atoms with Crippen molar-refractivity contribution in [1.29, 1.82) is 0 Å². The van der Waals surface area contributed by atoms with Gasteiger partial charge in [0, 0.05) is 0 Å². The Morgan fingerprint density at radius 2 is 1.95 bits per heavy atom. The van der Waals surface area contributed by atoms with Gasteiger partial charge in [0.25, 0.3) is 11.6 Å². The van der Waals surface area contributed by atoms with E-state index in [9.17, 15) is 24.9 Å². The van der Waals surface area contributed by atoms with Crippen LogP contribution in [0.1, 0.15) is 6.23 Å². The predicted octanol–water partition coefficient (Wildman–Crippen LogP) is -3.27. The first-order chi connectivity index (χ1) is 9.93. The van der Waals surface area contributed by atoms with Crippen molar-refractivity contribution in [3.05, 3.63) is 20.8 Å². The van der Waals surface area contributed by atoms with Crippen LogP contribution in [-0.4, -0.2) is 64.9 Å². The highest BCUT2D eigenvalue weighted by Gasteiger charge is 2.45. The summed E-state index contributed by atoms with van der Waals surface area (Å²) in [5.74, 6) is 0. The maximum absolute atomic E-state index is 11.6. The predicted molar refractivity (Wildman–Crippen MR) is 65.6 cm³/mol. The van der Waals surface area contributed by atoms with Gasteiger partial charge in [0.1, 0.15) is 18.3 Å². The SMILES string of the molecule is O=c1[nH]c(=O)c2nc(O)n([C@@H]3O[C@H](CO)[C@@H](O)[C@H]3O)c2[nH]1. The quantitative estimate of drug-likeness (QED) is 0.335. The summed E-state index contributed by atoms with van der Waals surface area (Å²) in [4.78, 5) is 30.7. The number of aromatic amines is 2. The highest BCUT2D eigenvalue weighted by atomic mass is 16.6. The van der Waals surface area contributed by atoms with Gasteiger partial charge in [0.05, 0.1) is 6.61 Å². The lowest BCUT2D eigenvalue weighted by Crippen LogP contribution is -2.33. The van der Waals surface area contributed by atoms with Crippen LogP contribution < -0.4 is 11.2 Å². The number of aromatic hydroxyl groups is 1. The lowest BCUT2D eigenvalue weighted by molar-refractivity contribution is -0.0537. The van der Waals surface area contributed by atoms with Gasteiger partial charge in [0.15, 0.2) is 17.4 Å². The van der Waals surface area contributed by atoms with Crippen molar-refractivity contribution in [3.63, 3.8) is 0 Å². The van der Waals surface area contributed by atoms with Crippen LogP contribution in [0.2, 0.25) is 0 Å². The van der Waals surface area contributed by atoms with Gasteiger partial charge >= 0.3 is 5.69 Å². The molecular weight excluding hydrogens is 288 g/mol. The zero-order chi connectivity index (χ0) is 15.3. The van der Waals surface area contributed by atoms with Gasteiger partial charge in [0.2, 0.25) is 0 Å². The second-order valence-corrected chi connectivity index (χ2v) is 4.62. The van der Waals surface area contributed by atoms with Crippen LogP contribution in [0, 0.1) is 0 Å². The van der Waals surface area contributed by atoms with Crippen LogP contribution in [0.5, 0.6) is 6.01 Å². The van der Waals surface area contributed by atoms with Crippen molar-refractivity contribution in [2.24, 2.45) is 0 Å². The standard InChI is InChI=1S/C10H12N4O7/c15-1-2-4(16)5(17)8(21-2)14-6-3(11-10(14)20)7(18)13-9(19)12-6/h2,4-5,8,15-17H,1H2,(H,11,20)(H2,12,13,18,19)/t2-,4-,5-,8-/m1/s1. The van der Waals surface area contributed by atoms with E-state index in [0.29, 0.717) is 0 Å². The molecule has 1 aliphatic rings. The summed E-state index contributed by atoms with van der Waals surface area (Å²) in [5, 5.41) is 38.5. The minimum Gasteiger partial charge on any atom is -0.480 e. The number of ether oxygens (including phenoxy) is 1. The molecule has 4 atom stereocenters. The average Bonchev–Trinajstić information content (AvgIpc) is 2.89. The van der Waals surface area contributed by atoms with Crippen molar-refractivity contribution in [3.8, 4) is 6.01 Å². The van der Waals surface area contributed by atoms with Crippen LogP contribution in [0.15, 0.2) is 9.59 Å². The fourth-order valence-corrected chi connectivity index (χ4v) is 2.33. The van der Waals surface area contributed by atoms with E-state index < -0.39 is 48.4 Å². The van der Waals surface area contributed by atoms with Crippen LogP contribution in [0.3, 0.4) is 0 Å². The van der Waals surface area contributed by atoms with Crippen LogP contribution in [0.4, 0.5) is 0 Å². The Morgan fingerprint density at radius 3 is 2.57 bits per heavy atom. The molecule has 1 saturated heterocycles. The Kier molecular flexibility index (Phi) is 3.06. The first-order valence-corrected chi connectivity index (χ1v) is 6.00. The molecule has 3 heterocycles. The van der Waals surface area contributed by atoms with Crippen molar-refractivity contribution >= 4 is 11.2 Å². The number of H-pyrrole nitrogens is 2. The number of rotatable bonds is 2. The first-order valence-electron chi connectivity index (χ1n) is 6.00. The van der Waals surface area contributed by atoms with E-state index >= 15 is 0 Å². The van der Waals surface area contributed by atoms with Gasteiger partial charge in [-0.05, 0) is 0 Å². The summed E-state index contributed by atoms with van der Waals surface area (Å²) in [7, 11) is 0. The highest BCUT2D eigenvalue weighted by molar-refractivity contribution is 5.70. The fourth-order valence-electron chi connectivity index (χ4n) is 2.33. The second-order valence-electron chi connectivity index (χ2n) is 4.62. The lowest BCUT2D eigenvalue weighted by atomic mass is 10.1. The molecule has 0 amide bonds. The molecule has 11 nitrogen and oxygen atoms in total. The number of nitrogens with one attached hydrogen (secondary N) is 2. The zero-order valence-corrected chi connectivity index (χ0v) is 10.4. The minimum atomic E-state index is -1.49. The molecule has 2 aromatic heterocycles. The Labute approximate surface area is 115 Å². The van der Waals surface area contributed by atoms with E-state index in [-0.39, 0.29) is 11.2 Å². The first kappa shape index (κ1) is 13.8. The third kappa shape index (κ3) is 1.94. The summed E-state index contributed by atoms with van der Waals surface area (Å²) in [6.45, 7) is -0.556. The van der Waals surface area contributed by atoms with E-state index in [4.69, 9.17) is 9.84 Å². The number of aliphatic hydroxyl groups is 3. The topological polar surface area (TPSA) is 174 Å². The van der Waals surface area contributed by atoms with E-state index in [0.717, 1.165) is 4.57 Å². The molecule has 0 saturated carbocycles. The molecule has 0 aliphatic carbocycles. The Bertz CT molecular complexity index is 793. The molecule has 2 aromatic rings. The molecule has 0 bridgehead atoms. The van der Waals surface area contributed by atoms with Gasteiger partial charge < -0.3 is 25.2 Å². The molecule has 1 fully saturated rings. The molecule has 21 heavy (non-hydrogen) atoms. The zero-order valence-electron chi connectivity index (χ0n) is 10.4. The minimum absolute atomic E-state index is 0.170. The smallest absolute Gasteiger partial charge is 0.327 e. The molecule has 1 aliphatic heterocycles.